The first kappa shape index (κ1) is 14.0. The van der Waals surface area contributed by atoms with Crippen LogP contribution in [0.1, 0.15) is 19.4 Å². The second-order valence-electron chi connectivity index (χ2n) is 4.27. The number of likely N-dealkylation sites (N-methyl/N-ethyl adjacent to an activating group) is 1. The van der Waals surface area contributed by atoms with Gasteiger partial charge in [0.2, 0.25) is 0 Å². The lowest BCUT2D eigenvalue weighted by molar-refractivity contribution is 0.303. The number of hydrogen-bond donors (Lipinski definition) is 2. The monoisotopic (exact) mass is 235 g/mol. The zero-order valence-corrected chi connectivity index (χ0v) is 11.1. The number of anilines is 1. The minimum Gasteiger partial charge on any atom is -0.399 e. The summed E-state index contributed by atoms with van der Waals surface area (Å²) in [6.45, 7) is 9.88. The van der Waals surface area contributed by atoms with Gasteiger partial charge in [0.25, 0.3) is 0 Å². The van der Waals surface area contributed by atoms with Crippen molar-refractivity contribution in [2.75, 3.05) is 38.5 Å². The normalized spacial score (nSPS) is 11.0. The van der Waals surface area contributed by atoms with E-state index in [9.17, 15) is 0 Å². The van der Waals surface area contributed by atoms with E-state index >= 15 is 0 Å². The van der Waals surface area contributed by atoms with Gasteiger partial charge in [0.05, 0.1) is 0 Å². The zero-order chi connectivity index (χ0) is 12.5. The molecular weight excluding hydrogens is 210 g/mol. The van der Waals surface area contributed by atoms with Gasteiger partial charge in [-0.15, -0.1) is 0 Å². The summed E-state index contributed by atoms with van der Waals surface area (Å²) >= 11 is 0. The van der Waals surface area contributed by atoms with Crippen LogP contribution in [0.15, 0.2) is 24.3 Å². The maximum absolute atomic E-state index is 5.74. The molecule has 3 nitrogen and oxygen atoms in total. The number of rotatable bonds is 8. The summed E-state index contributed by atoms with van der Waals surface area (Å²) in [6.07, 6.45) is 1.04. The smallest absolute Gasteiger partial charge is 0.0316 e. The number of benzene rings is 1. The van der Waals surface area contributed by atoms with Crippen molar-refractivity contribution in [1.29, 1.82) is 0 Å². The van der Waals surface area contributed by atoms with Gasteiger partial charge in [-0.05, 0) is 43.8 Å². The number of nitrogen functional groups attached to an aromatic ring is 1. The van der Waals surface area contributed by atoms with Crippen molar-refractivity contribution >= 4 is 5.69 Å². The Morgan fingerprint density at radius 2 is 1.94 bits per heavy atom. The van der Waals surface area contributed by atoms with Crippen molar-refractivity contribution in [2.45, 2.75) is 20.3 Å². The second kappa shape index (κ2) is 8.09. The lowest BCUT2D eigenvalue weighted by Gasteiger charge is -2.17. The number of hydrogen-bond acceptors (Lipinski definition) is 3. The van der Waals surface area contributed by atoms with Crippen LogP contribution in [-0.4, -0.2) is 37.6 Å². The second-order valence-corrected chi connectivity index (χ2v) is 4.27. The van der Waals surface area contributed by atoms with E-state index in [-0.39, 0.29) is 0 Å². The zero-order valence-electron chi connectivity index (χ0n) is 11.1. The van der Waals surface area contributed by atoms with Gasteiger partial charge in [-0.3, -0.25) is 0 Å². The van der Waals surface area contributed by atoms with Crippen molar-refractivity contribution in [3.63, 3.8) is 0 Å². The Morgan fingerprint density at radius 3 is 2.59 bits per heavy atom. The van der Waals surface area contributed by atoms with Crippen LogP contribution in [0.5, 0.6) is 0 Å². The highest BCUT2D eigenvalue weighted by molar-refractivity contribution is 5.40. The SMILES string of the molecule is CCN(CC)CCNCCc1cccc(N)c1. The predicted molar refractivity (Wildman–Crippen MR) is 75.2 cm³/mol. The molecule has 1 aromatic carbocycles. The van der Waals surface area contributed by atoms with E-state index in [2.05, 4.69) is 30.1 Å². The molecule has 0 saturated heterocycles. The molecule has 0 aliphatic rings. The topological polar surface area (TPSA) is 41.3 Å². The van der Waals surface area contributed by atoms with Gasteiger partial charge in [-0.25, -0.2) is 0 Å². The molecule has 0 unspecified atom stereocenters. The van der Waals surface area contributed by atoms with Crippen LogP contribution < -0.4 is 11.1 Å². The first-order chi connectivity index (χ1) is 8.26. The molecule has 0 heterocycles. The van der Waals surface area contributed by atoms with Crippen LogP contribution >= 0.6 is 0 Å². The molecule has 0 aliphatic carbocycles. The summed E-state index contributed by atoms with van der Waals surface area (Å²) in [7, 11) is 0. The van der Waals surface area contributed by atoms with Crippen molar-refractivity contribution < 1.29 is 0 Å². The van der Waals surface area contributed by atoms with Gasteiger partial charge in [0.1, 0.15) is 0 Å². The molecule has 0 aromatic heterocycles. The maximum Gasteiger partial charge on any atom is 0.0316 e. The first-order valence-electron chi connectivity index (χ1n) is 6.53. The van der Waals surface area contributed by atoms with Crippen molar-refractivity contribution in [3.05, 3.63) is 29.8 Å². The summed E-state index contributed by atoms with van der Waals surface area (Å²) in [6, 6.07) is 8.12. The Morgan fingerprint density at radius 1 is 1.18 bits per heavy atom. The highest BCUT2D eigenvalue weighted by Gasteiger charge is 1.98. The van der Waals surface area contributed by atoms with E-state index < -0.39 is 0 Å². The van der Waals surface area contributed by atoms with E-state index in [0.29, 0.717) is 0 Å². The Bertz CT molecular complexity index is 308. The highest BCUT2D eigenvalue weighted by atomic mass is 15.1. The third-order valence-corrected chi connectivity index (χ3v) is 3.04. The van der Waals surface area contributed by atoms with Crippen LogP contribution in [0.3, 0.4) is 0 Å². The van der Waals surface area contributed by atoms with Crippen molar-refractivity contribution in [2.24, 2.45) is 0 Å². The fourth-order valence-electron chi connectivity index (χ4n) is 1.88. The molecule has 0 bridgehead atoms. The Balaban J connectivity index is 2.12. The molecule has 1 aromatic rings. The molecule has 3 N–H and O–H groups in total. The minimum absolute atomic E-state index is 0.852. The van der Waals surface area contributed by atoms with E-state index in [1.54, 1.807) is 0 Å². The fraction of sp³-hybridized carbons (Fsp3) is 0.571. The average molecular weight is 235 g/mol. The molecular formula is C14H25N3. The first-order valence-corrected chi connectivity index (χ1v) is 6.53. The predicted octanol–water partition coefficient (Wildman–Crippen LogP) is 1.74. The summed E-state index contributed by atoms with van der Waals surface area (Å²) < 4.78 is 0. The third kappa shape index (κ3) is 5.71. The highest BCUT2D eigenvalue weighted by Crippen LogP contribution is 2.06. The van der Waals surface area contributed by atoms with Crippen molar-refractivity contribution in [1.82, 2.24) is 10.2 Å². The standard InChI is InChI=1S/C14H25N3/c1-3-17(4-2)11-10-16-9-8-13-6-5-7-14(15)12-13/h5-7,12,16H,3-4,8-11,15H2,1-2H3. The molecule has 0 aliphatic heterocycles. The molecule has 3 heteroatoms. The van der Waals surface area contributed by atoms with Gasteiger partial charge in [0.15, 0.2) is 0 Å². The Hall–Kier alpha value is -1.06. The Kier molecular flexibility index (Phi) is 6.67. The Labute approximate surface area is 105 Å². The number of nitrogens with zero attached hydrogens (tertiary/aromatic N) is 1. The van der Waals surface area contributed by atoms with Gasteiger partial charge < -0.3 is 16.0 Å². The molecule has 0 amide bonds. The van der Waals surface area contributed by atoms with Gasteiger partial charge in [-0.1, -0.05) is 26.0 Å². The quantitative estimate of drug-likeness (QED) is 0.533. The lowest BCUT2D eigenvalue weighted by atomic mass is 10.1. The molecule has 96 valence electrons. The summed E-state index contributed by atoms with van der Waals surface area (Å²) in [4.78, 5) is 2.42. The third-order valence-electron chi connectivity index (χ3n) is 3.04. The average Bonchev–Trinajstić information content (AvgIpc) is 2.34. The summed E-state index contributed by atoms with van der Waals surface area (Å²) in [5.74, 6) is 0. The fourth-order valence-corrected chi connectivity index (χ4v) is 1.88. The largest absolute Gasteiger partial charge is 0.399 e. The van der Waals surface area contributed by atoms with Crippen LogP contribution in [0.4, 0.5) is 5.69 Å². The molecule has 0 fully saturated rings. The van der Waals surface area contributed by atoms with Gasteiger partial charge in [-0.2, -0.15) is 0 Å². The van der Waals surface area contributed by atoms with Crippen LogP contribution in [0.2, 0.25) is 0 Å². The van der Waals surface area contributed by atoms with E-state index in [1.807, 2.05) is 18.2 Å². The van der Waals surface area contributed by atoms with Crippen LogP contribution in [0, 0.1) is 0 Å². The molecule has 0 radical (unpaired) electrons. The minimum atomic E-state index is 0.852. The summed E-state index contributed by atoms with van der Waals surface area (Å²) in [5, 5.41) is 3.47. The molecule has 0 atom stereocenters. The van der Waals surface area contributed by atoms with Gasteiger partial charge in [0, 0.05) is 18.8 Å². The number of nitrogens with two attached hydrogens (primary N) is 1. The molecule has 0 saturated carbocycles. The van der Waals surface area contributed by atoms with Crippen LogP contribution in [-0.2, 0) is 6.42 Å². The van der Waals surface area contributed by atoms with E-state index in [4.69, 9.17) is 5.73 Å². The van der Waals surface area contributed by atoms with E-state index in [0.717, 1.165) is 44.8 Å². The molecule has 1 rings (SSSR count). The number of nitrogens with one attached hydrogen (secondary N) is 1. The molecule has 0 spiro atoms. The summed E-state index contributed by atoms with van der Waals surface area (Å²) in [5.41, 5.74) is 7.90. The molecule has 17 heavy (non-hydrogen) atoms. The van der Waals surface area contributed by atoms with Gasteiger partial charge >= 0.3 is 0 Å². The van der Waals surface area contributed by atoms with Crippen molar-refractivity contribution in [3.8, 4) is 0 Å². The lowest BCUT2D eigenvalue weighted by Crippen LogP contribution is -2.32. The van der Waals surface area contributed by atoms with Crippen LogP contribution in [0.25, 0.3) is 0 Å². The maximum atomic E-state index is 5.74. The van der Waals surface area contributed by atoms with E-state index in [1.165, 1.54) is 5.56 Å².